The highest BCUT2D eigenvalue weighted by atomic mass is 32.2. The zero-order valence-corrected chi connectivity index (χ0v) is 36.4. The number of esters is 1. The molecule has 17 atom stereocenters. The maximum Gasteiger partial charge on any atom is 0.311 e. The van der Waals surface area contributed by atoms with Crippen LogP contribution in [0.3, 0.4) is 0 Å². The summed E-state index contributed by atoms with van der Waals surface area (Å²) in [7, 11) is 1.11. The Hall–Kier alpha value is -1.93. The van der Waals surface area contributed by atoms with Crippen molar-refractivity contribution in [3.8, 4) is 0 Å². The molecule has 0 aromatic rings. The monoisotopic (exact) mass is 821 g/mol. The van der Waals surface area contributed by atoms with Gasteiger partial charge in [0.05, 0.1) is 30.5 Å². The number of carbonyl (C=O) groups excluding carboxylic acids is 2. The van der Waals surface area contributed by atoms with Gasteiger partial charge in [0.1, 0.15) is 47.0 Å². The van der Waals surface area contributed by atoms with E-state index in [0.717, 1.165) is 11.8 Å². The second-order valence-electron chi connectivity index (χ2n) is 17.3. The molecule has 0 aromatic heterocycles. The first-order valence-electron chi connectivity index (χ1n) is 19.6. The van der Waals surface area contributed by atoms with Crippen LogP contribution in [0.2, 0.25) is 0 Å². The van der Waals surface area contributed by atoms with E-state index in [9.17, 15) is 28.2 Å². The quantitative estimate of drug-likeness (QED) is 0.175. The summed E-state index contributed by atoms with van der Waals surface area (Å²) in [6.45, 7) is 17.8. The van der Waals surface area contributed by atoms with Gasteiger partial charge in [-0.25, -0.2) is 0 Å². The van der Waals surface area contributed by atoms with Gasteiger partial charge in [-0.15, -0.1) is 0 Å². The summed E-state index contributed by atoms with van der Waals surface area (Å²) in [5.74, 6) is -2.96. The van der Waals surface area contributed by atoms with Crippen LogP contribution in [0.5, 0.6) is 0 Å². The lowest BCUT2D eigenvalue weighted by molar-refractivity contribution is -0.317. The average Bonchev–Trinajstić information content (AvgIpc) is 3.42. The minimum Gasteiger partial charge on any atom is -0.489 e. The molecule has 3 fully saturated rings. The van der Waals surface area contributed by atoms with Crippen LogP contribution in [0.25, 0.3) is 0 Å². The van der Waals surface area contributed by atoms with Gasteiger partial charge in [0, 0.05) is 37.8 Å². The fourth-order valence-corrected chi connectivity index (χ4v) is 10.1. The number of hydrogen-bond acceptors (Lipinski definition) is 16. The normalized spacial score (nSPS) is 45.6. The lowest BCUT2D eigenvalue weighted by Gasteiger charge is -2.49. The van der Waals surface area contributed by atoms with Crippen LogP contribution >= 0.6 is 0 Å². The number of aliphatic hydroxyl groups is 2. The third-order valence-electron chi connectivity index (χ3n) is 12.3. The molecule has 4 aliphatic heterocycles. The summed E-state index contributed by atoms with van der Waals surface area (Å²) in [4.78, 5) is 27.7. The van der Waals surface area contributed by atoms with E-state index in [-0.39, 0.29) is 31.4 Å². The summed E-state index contributed by atoms with van der Waals surface area (Å²) in [5.41, 5.74) is -3.50. The van der Waals surface area contributed by atoms with Crippen LogP contribution in [0.4, 0.5) is 0 Å². The lowest BCUT2D eigenvalue weighted by Crippen LogP contribution is -2.60. The Morgan fingerprint density at radius 2 is 1.64 bits per heavy atom. The van der Waals surface area contributed by atoms with Crippen molar-refractivity contribution in [2.24, 2.45) is 17.8 Å². The number of fused-ring (bicyclic) bond motifs is 2. The van der Waals surface area contributed by atoms with Gasteiger partial charge in [0.15, 0.2) is 18.7 Å². The van der Waals surface area contributed by atoms with Crippen LogP contribution < -0.4 is 0 Å². The Balaban J connectivity index is 1.89. The second kappa shape index (κ2) is 17.7. The van der Waals surface area contributed by atoms with Gasteiger partial charge in [-0.2, -0.15) is 8.42 Å². The summed E-state index contributed by atoms with van der Waals surface area (Å²) < 4.78 is 81.6. The molecular formula is C39H67NO15S. The van der Waals surface area contributed by atoms with Crippen LogP contribution in [0.15, 0.2) is 11.3 Å². The first-order valence-corrected chi connectivity index (χ1v) is 21.5. The molecule has 4 aliphatic rings. The third kappa shape index (κ3) is 9.74. The van der Waals surface area contributed by atoms with Crippen LogP contribution in [0.1, 0.15) is 94.9 Å². The van der Waals surface area contributed by atoms with E-state index in [1.165, 1.54) is 14.0 Å². The number of hydrogen-bond donors (Lipinski definition) is 2. The average molecular weight is 822 g/mol. The molecule has 324 valence electrons. The van der Waals surface area contributed by atoms with E-state index in [2.05, 4.69) is 0 Å². The molecule has 0 radical (unpaired) electrons. The number of carbonyl (C=O) groups is 2. The first-order chi connectivity index (χ1) is 25.8. The molecule has 0 aromatic carbocycles. The van der Waals surface area contributed by atoms with Crippen molar-refractivity contribution in [2.45, 2.75) is 179 Å². The van der Waals surface area contributed by atoms with Crippen molar-refractivity contribution < 1.29 is 70.3 Å². The predicted octanol–water partition coefficient (Wildman–Crippen LogP) is 3.06. The lowest BCUT2D eigenvalue weighted by atomic mass is 9.78. The number of cyclic esters (lactones) is 1. The highest BCUT2D eigenvalue weighted by Gasteiger charge is 2.57. The maximum atomic E-state index is 14.4. The van der Waals surface area contributed by atoms with Gasteiger partial charge in [-0.3, -0.25) is 13.8 Å². The minimum absolute atomic E-state index is 0.112. The summed E-state index contributed by atoms with van der Waals surface area (Å²) in [6, 6.07) is -0.296. The predicted molar refractivity (Wildman–Crippen MR) is 202 cm³/mol. The molecule has 0 spiro atoms. The fourth-order valence-electron chi connectivity index (χ4n) is 9.39. The maximum absolute atomic E-state index is 14.4. The number of ether oxygens (including phenoxy) is 8. The van der Waals surface area contributed by atoms with E-state index in [4.69, 9.17) is 42.1 Å². The van der Waals surface area contributed by atoms with Gasteiger partial charge in [-0.05, 0) is 81.0 Å². The molecule has 4 rings (SSSR count). The van der Waals surface area contributed by atoms with E-state index >= 15 is 0 Å². The van der Waals surface area contributed by atoms with Gasteiger partial charge >= 0.3 is 5.97 Å². The zero-order valence-electron chi connectivity index (χ0n) is 35.5. The molecule has 56 heavy (non-hydrogen) atoms. The summed E-state index contributed by atoms with van der Waals surface area (Å²) >= 11 is 0. The second-order valence-corrected chi connectivity index (χ2v) is 18.9. The van der Waals surface area contributed by atoms with Crippen LogP contribution in [-0.2, 0) is 61.8 Å². The van der Waals surface area contributed by atoms with Gasteiger partial charge < -0.3 is 53.0 Å². The van der Waals surface area contributed by atoms with E-state index in [0.29, 0.717) is 18.7 Å². The van der Waals surface area contributed by atoms with Gasteiger partial charge in [-0.1, -0.05) is 20.8 Å². The van der Waals surface area contributed by atoms with Crippen molar-refractivity contribution in [2.75, 3.05) is 27.5 Å². The van der Waals surface area contributed by atoms with Crippen LogP contribution in [0, 0.1) is 17.8 Å². The molecular weight excluding hydrogens is 754 g/mol. The molecule has 0 aliphatic carbocycles. The highest BCUT2D eigenvalue weighted by Crippen LogP contribution is 2.48. The van der Waals surface area contributed by atoms with Crippen molar-refractivity contribution in [1.82, 2.24) is 4.90 Å². The Kier molecular flexibility index (Phi) is 14.8. The largest absolute Gasteiger partial charge is 0.489 e. The molecule has 2 bridgehead atoms. The minimum atomic E-state index is -4.14. The number of likely N-dealkylation sites (N-methyl/N-ethyl adjacent to an activating group) is 1. The topological polar surface area (TPSA) is 195 Å². The van der Waals surface area contributed by atoms with Crippen molar-refractivity contribution in [3.63, 3.8) is 0 Å². The van der Waals surface area contributed by atoms with Crippen LogP contribution in [-0.4, -0.2) is 148 Å². The molecule has 3 saturated heterocycles. The molecule has 0 amide bonds. The standard InChI is InChI=1S/C39H67NO15S/c1-15-27-39(10,44)33(55-56(14,45)46)22(4)30-20(2)17-38(9,54-30)32(53-36-29(42)26(40(11)12)16-21(3)49-36)23(5)31(24(6)35(43)51-27)52-28-18-37(8,47-13)34(48-19-41)25(7)50-28/h19,21-29,31-34,36,42,44H,15-18H2,1-14H3/t21-,22+,23+,24-,25+,26+,27-,28+,29-,31+,32-,33-,34+,36+,37-,38-,39-/m1/s1. The smallest absolute Gasteiger partial charge is 0.311 e. The van der Waals surface area contributed by atoms with Gasteiger partial charge in [0.2, 0.25) is 0 Å². The molecule has 0 saturated carbocycles. The zero-order chi connectivity index (χ0) is 42.3. The molecule has 16 nitrogen and oxygen atoms in total. The molecule has 0 unspecified atom stereocenters. The molecule has 4 heterocycles. The Morgan fingerprint density at radius 1 is 1.00 bits per heavy atom. The number of rotatable bonds is 11. The first kappa shape index (κ1) is 46.8. The number of nitrogens with zero attached hydrogens (tertiary/aromatic N) is 1. The highest BCUT2D eigenvalue weighted by molar-refractivity contribution is 7.86. The van der Waals surface area contributed by atoms with Crippen molar-refractivity contribution in [1.29, 1.82) is 0 Å². The molecule has 17 heteroatoms. The Morgan fingerprint density at radius 3 is 2.20 bits per heavy atom. The molecule has 2 N–H and O–H groups in total. The third-order valence-corrected chi connectivity index (χ3v) is 12.9. The van der Waals surface area contributed by atoms with Crippen molar-refractivity contribution >= 4 is 22.6 Å². The summed E-state index contributed by atoms with van der Waals surface area (Å²) in [5, 5.41) is 23.9. The van der Waals surface area contributed by atoms with Gasteiger partial charge in [0.25, 0.3) is 16.6 Å². The Labute approximate surface area is 332 Å². The van der Waals surface area contributed by atoms with E-state index in [1.54, 1.807) is 34.6 Å². The van der Waals surface area contributed by atoms with E-state index < -0.39 is 106 Å². The van der Waals surface area contributed by atoms with Crippen molar-refractivity contribution in [3.05, 3.63) is 11.3 Å². The fraction of sp³-hybridized carbons (Fsp3) is 0.897. The number of methoxy groups -OCH3 is 1. The summed E-state index contributed by atoms with van der Waals surface area (Å²) in [6.07, 6.45) is -7.51. The Bertz CT molecular complexity index is 1520. The SMILES string of the molecule is CC[C@H]1OC(=O)[C@H](C)[C@@H](O[C@H]2C[C@@](C)(OC)[C@@H](OC=O)[C@H](C)O2)[C@H](C)[C@@H](O[C@@H]2O[C@H](C)C[C@H](N(C)C)[C@H]2O)[C@@]2(C)CC(C)=C(O2)[C@H](C)[C@@H](OS(C)(=O)=O)[C@]1(C)O. The number of aliphatic hydroxyl groups excluding tert-OH is 1. The van der Waals surface area contributed by atoms with E-state index in [1.807, 2.05) is 46.7 Å².